The third-order valence-electron chi connectivity index (χ3n) is 3.55. The zero-order valence-corrected chi connectivity index (χ0v) is 17.5. The molecule has 0 aromatic heterocycles. The fourth-order valence-electron chi connectivity index (χ4n) is 2.30. The molecule has 0 heterocycles. The molecule has 26 heavy (non-hydrogen) atoms. The quantitative estimate of drug-likeness (QED) is 0.346. The standard InChI is InChI=1S/C19H24N4O2.HI/c1-14(24)23-17-6-4-5-16(11-17)13-22-19(20-2)21-12-15-7-9-18(25-3)10-8-15;/h4-11H,12-13H2,1-3H3,(H,23,24)(H2,20,21,22);1H. The molecule has 0 spiro atoms. The maximum absolute atomic E-state index is 11.1. The molecule has 0 saturated carbocycles. The van der Waals surface area contributed by atoms with Gasteiger partial charge >= 0.3 is 0 Å². The van der Waals surface area contributed by atoms with E-state index in [1.54, 1.807) is 14.2 Å². The molecule has 140 valence electrons. The largest absolute Gasteiger partial charge is 0.497 e. The molecule has 0 aliphatic heterocycles. The smallest absolute Gasteiger partial charge is 0.221 e. The molecule has 6 nitrogen and oxygen atoms in total. The van der Waals surface area contributed by atoms with E-state index < -0.39 is 0 Å². The van der Waals surface area contributed by atoms with Crippen LogP contribution in [0.25, 0.3) is 0 Å². The Hall–Kier alpha value is -2.29. The Labute approximate surface area is 171 Å². The number of halogens is 1. The molecule has 0 atom stereocenters. The minimum Gasteiger partial charge on any atom is -0.497 e. The number of hydrogen-bond acceptors (Lipinski definition) is 3. The highest BCUT2D eigenvalue weighted by atomic mass is 127. The molecule has 0 aliphatic rings. The van der Waals surface area contributed by atoms with E-state index in [9.17, 15) is 4.79 Å². The van der Waals surface area contributed by atoms with Gasteiger partial charge in [-0.1, -0.05) is 24.3 Å². The fourth-order valence-corrected chi connectivity index (χ4v) is 2.30. The first-order chi connectivity index (χ1) is 12.1. The number of hydrogen-bond donors (Lipinski definition) is 3. The molecular weight excluding hydrogens is 443 g/mol. The highest BCUT2D eigenvalue weighted by molar-refractivity contribution is 14.0. The van der Waals surface area contributed by atoms with Crippen molar-refractivity contribution in [3.05, 3.63) is 59.7 Å². The van der Waals surface area contributed by atoms with E-state index in [2.05, 4.69) is 20.9 Å². The Morgan fingerprint density at radius 2 is 1.69 bits per heavy atom. The van der Waals surface area contributed by atoms with Crippen molar-refractivity contribution >= 4 is 41.5 Å². The molecule has 3 N–H and O–H groups in total. The molecule has 1 amide bonds. The number of carbonyl (C=O) groups excluding carboxylic acids is 1. The average Bonchev–Trinajstić information content (AvgIpc) is 2.62. The van der Waals surface area contributed by atoms with Crippen LogP contribution in [-0.4, -0.2) is 26.0 Å². The maximum atomic E-state index is 11.1. The molecule has 2 rings (SSSR count). The molecule has 2 aromatic rings. The van der Waals surface area contributed by atoms with Crippen LogP contribution in [0.1, 0.15) is 18.1 Å². The molecular formula is C19H25IN4O2. The van der Waals surface area contributed by atoms with E-state index in [0.29, 0.717) is 19.0 Å². The van der Waals surface area contributed by atoms with Gasteiger partial charge in [0.1, 0.15) is 5.75 Å². The third kappa shape index (κ3) is 7.30. The summed E-state index contributed by atoms with van der Waals surface area (Å²) in [7, 11) is 3.39. The summed E-state index contributed by atoms with van der Waals surface area (Å²) >= 11 is 0. The Morgan fingerprint density at radius 3 is 2.27 bits per heavy atom. The number of benzene rings is 2. The number of carbonyl (C=O) groups is 1. The van der Waals surface area contributed by atoms with Gasteiger partial charge in [0, 0.05) is 32.7 Å². The van der Waals surface area contributed by atoms with Crippen LogP contribution in [0, 0.1) is 0 Å². The number of anilines is 1. The first-order valence-electron chi connectivity index (χ1n) is 8.04. The topological polar surface area (TPSA) is 74.8 Å². The average molecular weight is 468 g/mol. The summed E-state index contributed by atoms with van der Waals surface area (Å²) in [6, 6.07) is 15.6. The summed E-state index contributed by atoms with van der Waals surface area (Å²) in [4.78, 5) is 15.4. The SMILES string of the molecule is CN=C(NCc1ccc(OC)cc1)NCc1cccc(NC(C)=O)c1.I. The van der Waals surface area contributed by atoms with Crippen molar-refractivity contribution in [3.63, 3.8) is 0 Å². The summed E-state index contributed by atoms with van der Waals surface area (Å²) in [5.74, 6) is 1.47. The summed E-state index contributed by atoms with van der Waals surface area (Å²) in [6.07, 6.45) is 0. The van der Waals surface area contributed by atoms with Gasteiger partial charge in [0.2, 0.25) is 5.91 Å². The number of guanidine groups is 1. The van der Waals surface area contributed by atoms with Crippen molar-refractivity contribution in [2.24, 2.45) is 4.99 Å². The van der Waals surface area contributed by atoms with Crippen molar-refractivity contribution in [3.8, 4) is 5.75 Å². The predicted molar refractivity (Wildman–Crippen MR) is 116 cm³/mol. The van der Waals surface area contributed by atoms with Crippen LogP contribution in [-0.2, 0) is 17.9 Å². The normalized spacial score (nSPS) is 10.5. The van der Waals surface area contributed by atoms with E-state index in [0.717, 1.165) is 22.6 Å². The number of rotatable bonds is 6. The zero-order valence-electron chi connectivity index (χ0n) is 15.2. The second-order valence-corrected chi connectivity index (χ2v) is 5.51. The van der Waals surface area contributed by atoms with Crippen molar-refractivity contribution in [1.82, 2.24) is 10.6 Å². The van der Waals surface area contributed by atoms with Crippen LogP contribution in [0.2, 0.25) is 0 Å². The Balaban J connectivity index is 0.00000338. The van der Waals surface area contributed by atoms with Crippen molar-refractivity contribution in [2.75, 3.05) is 19.5 Å². The molecule has 2 aromatic carbocycles. The number of methoxy groups -OCH3 is 1. The van der Waals surface area contributed by atoms with Crippen LogP contribution in [0.3, 0.4) is 0 Å². The van der Waals surface area contributed by atoms with E-state index >= 15 is 0 Å². The predicted octanol–water partition coefficient (Wildman–Crippen LogP) is 3.14. The van der Waals surface area contributed by atoms with Crippen LogP contribution in [0.5, 0.6) is 5.75 Å². The van der Waals surface area contributed by atoms with Crippen LogP contribution < -0.4 is 20.7 Å². The van der Waals surface area contributed by atoms with E-state index in [4.69, 9.17) is 4.74 Å². The number of nitrogens with one attached hydrogen (secondary N) is 3. The van der Waals surface area contributed by atoms with Crippen LogP contribution in [0.4, 0.5) is 5.69 Å². The van der Waals surface area contributed by atoms with Gasteiger partial charge < -0.3 is 20.7 Å². The molecule has 0 unspecified atom stereocenters. The van der Waals surface area contributed by atoms with Gasteiger partial charge in [-0.15, -0.1) is 24.0 Å². The number of amides is 1. The Kier molecular flexibility index (Phi) is 9.50. The van der Waals surface area contributed by atoms with E-state index in [1.807, 2.05) is 48.5 Å². The fraction of sp³-hybridized carbons (Fsp3) is 0.263. The molecule has 0 fully saturated rings. The monoisotopic (exact) mass is 468 g/mol. The lowest BCUT2D eigenvalue weighted by Crippen LogP contribution is -2.36. The van der Waals surface area contributed by atoms with Crippen LogP contribution >= 0.6 is 24.0 Å². The van der Waals surface area contributed by atoms with Gasteiger partial charge in [-0.3, -0.25) is 9.79 Å². The van der Waals surface area contributed by atoms with Crippen molar-refractivity contribution in [1.29, 1.82) is 0 Å². The highest BCUT2D eigenvalue weighted by Crippen LogP contribution is 2.11. The Morgan fingerprint density at radius 1 is 1.04 bits per heavy atom. The Bertz CT molecular complexity index is 733. The van der Waals surface area contributed by atoms with Gasteiger partial charge in [0.15, 0.2) is 5.96 Å². The molecule has 0 radical (unpaired) electrons. The third-order valence-corrected chi connectivity index (χ3v) is 3.55. The van der Waals surface area contributed by atoms with Gasteiger partial charge in [0.05, 0.1) is 7.11 Å². The minimum absolute atomic E-state index is 0. The first-order valence-corrected chi connectivity index (χ1v) is 8.04. The summed E-state index contributed by atoms with van der Waals surface area (Å²) < 4.78 is 5.15. The summed E-state index contributed by atoms with van der Waals surface area (Å²) in [5.41, 5.74) is 2.98. The number of ether oxygens (including phenoxy) is 1. The van der Waals surface area contributed by atoms with E-state index in [-0.39, 0.29) is 29.9 Å². The lowest BCUT2D eigenvalue weighted by atomic mass is 10.2. The summed E-state index contributed by atoms with van der Waals surface area (Å²) in [6.45, 7) is 2.77. The molecule has 7 heteroatoms. The molecule has 0 bridgehead atoms. The second-order valence-electron chi connectivity index (χ2n) is 5.51. The maximum Gasteiger partial charge on any atom is 0.221 e. The lowest BCUT2D eigenvalue weighted by molar-refractivity contribution is -0.114. The zero-order chi connectivity index (χ0) is 18.1. The molecule has 0 saturated heterocycles. The second kappa shape index (κ2) is 11.3. The number of nitrogens with zero attached hydrogens (tertiary/aromatic N) is 1. The highest BCUT2D eigenvalue weighted by Gasteiger charge is 2.01. The summed E-state index contributed by atoms with van der Waals surface area (Å²) in [5, 5.41) is 9.31. The van der Waals surface area contributed by atoms with Gasteiger partial charge in [-0.25, -0.2) is 0 Å². The van der Waals surface area contributed by atoms with Gasteiger partial charge in [-0.2, -0.15) is 0 Å². The van der Waals surface area contributed by atoms with Gasteiger partial charge in [0.25, 0.3) is 0 Å². The van der Waals surface area contributed by atoms with Crippen LogP contribution in [0.15, 0.2) is 53.5 Å². The van der Waals surface area contributed by atoms with Crippen molar-refractivity contribution < 1.29 is 9.53 Å². The number of aliphatic imine (C=N–C) groups is 1. The minimum atomic E-state index is -0.0814. The molecule has 0 aliphatic carbocycles. The lowest BCUT2D eigenvalue weighted by Gasteiger charge is -2.13. The van der Waals surface area contributed by atoms with E-state index in [1.165, 1.54) is 6.92 Å². The van der Waals surface area contributed by atoms with Gasteiger partial charge in [-0.05, 0) is 35.4 Å². The van der Waals surface area contributed by atoms with Crippen molar-refractivity contribution in [2.45, 2.75) is 20.0 Å². The first kappa shape index (κ1) is 21.8.